The third-order valence-electron chi connectivity index (χ3n) is 3.35. The van der Waals surface area contributed by atoms with Gasteiger partial charge < -0.3 is 9.64 Å². The van der Waals surface area contributed by atoms with Crippen LogP contribution >= 0.6 is 0 Å². The largest absolute Gasteiger partial charge is 0.495 e. The molecule has 0 fully saturated rings. The second-order valence-electron chi connectivity index (χ2n) is 5.00. The summed E-state index contributed by atoms with van der Waals surface area (Å²) in [5.41, 5.74) is 0.717. The van der Waals surface area contributed by atoms with Crippen molar-refractivity contribution in [3.05, 3.63) is 18.2 Å². The van der Waals surface area contributed by atoms with Crippen molar-refractivity contribution in [3.8, 4) is 5.75 Å². The topological polar surface area (TPSA) is 66.8 Å². The molecule has 0 aromatic heterocycles. The van der Waals surface area contributed by atoms with Gasteiger partial charge in [-0.2, -0.15) is 8.42 Å². The number of unbranched alkanes of at least 4 members (excludes halogenated alkanes) is 2. The van der Waals surface area contributed by atoms with Crippen LogP contribution in [-0.4, -0.2) is 33.2 Å². The molecule has 1 rings (SSSR count). The van der Waals surface area contributed by atoms with Crippen LogP contribution in [-0.2, 0) is 10.1 Å². The molecule has 0 aliphatic heterocycles. The number of nitrogens with zero attached hydrogens (tertiary/aromatic N) is 1. The number of benzene rings is 1. The average molecular weight is 315 g/mol. The van der Waals surface area contributed by atoms with Crippen LogP contribution in [0.25, 0.3) is 0 Å². The number of methoxy groups -OCH3 is 1. The zero-order valence-corrected chi connectivity index (χ0v) is 13.8. The highest BCUT2D eigenvalue weighted by atomic mass is 32.2. The van der Waals surface area contributed by atoms with Crippen molar-refractivity contribution in [2.24, 2.45) is 0 Å². The lowest BCUT2D eigenvalue weighted by atomic mass is 10.2. The molecule has 0 radical (unpaired) electrons. The quantitative estimate of drug-likeness (QED) is 0.708. The zero-order valence-electron chi connectivity index (χ0n) is 13.0. The van der Waals surface area contributed by atoms with Gasteiger partial charge in [0.2, 0.25) is 0 Å². The second kappa shape index (κ2) is 8.24. The Morgan fingerprint density at radius 3 is 2.14 bits per heavy atom. The van der Waals surface area contributed by atoms with Crippen LogP contribution < -0.4 is 9.64 Å². The van der Waals surface area contributed by atoms with Gasteiger partial charge in [-0.25, -0.2) is 0 Å². The number of anilines is 1. The summed E-state index contributed by atoms with van der Waals surface area (Å²) in [6.07, 6.45) is 4.15. The summed E-state index contributed by atoms with van der Waals surface area (Å²) in [6.45, 7) is 5.90. The molecular weight excluding hydrogens is 290 g/mol. The van der Waals surface area contributed by atoms with E-state index in [1.807, 2.05) is 0 Å². The fourth-order valence-electron chi connectivity index (χ4n) is 2.13. The molecule has 0 saturated carbocycles. The normalized spacial score (nSPS) is 11.4. The van der Waals surface area contributed by atoms with Gasteiger partial charge in [0.1, 0.15) is 5.75 Å². The number of hydrogen-bond acceptors (Lipinski definition) is 4. The van der Waals surface area contributed by atoms with Crippen LogP contribution in [0.4, 0.5) is 5.69 Å². The molecule has 0 bridgehead atoms. The lowest BCUT2D eigenvalue weighted by molar-refractivity contribution is 0.413. The molecule has 0 saturated heterocycles. The van der Waals surface area contributed by atoms with Crippen LogP contribution in [0, 0.1) is 0 Å². The first kappa shape index (κ1) is 17.8. The van der Waals surface area contributed by atoms with Gasteiger partial charge in [0.05, 0.1) is 17.7 Å². The van der Waals surface area contributed by atoms with E-state index in [0.29, 0.717) is 5.75 Å². The van der Waals surface area contributed by atoms with E-state index >= 15 is 0 Å². The highest BCUT2D eigenvalue weighted by Gasteiger charge is 2.17. The Bertz CT molecular complexity index is 535. The van der Waals surface area contributed by atoms with E-state index in [-0.39, 0.29) is 4.90 Å². The summed E-state index contributed by atoms with van der Waals surface area (Å²) in [6, 6.07) is 4.43. The molecule has 0 aliphatic rings. The van der Waals surface area contributed by atoms with Crippen LogP contribution in [0.3, 0.4) is 0 Å². The van der Waals surface area contributed by atoms with Crippen molar-refractivity contribution >= 4 is 15.8 Å². The maximum absolute atomic E-state index is 11.3. The molecule has 0 spiro atoms. The van der Waals surface area contributed by atoms with Crippen molar-refractivity contribution < 1.29 is 17.7 Å². The van der Waals surface area contributed by atoms with E-state index in [4.69, 9.17) is 4.74 Å². The Labute approximate surface area is 127 Å². The molecule has 0 aliphatic carbocycles. The van der Waals surface area contributed by atoms with Gasteiger partial charge in [0, 0.05) is 13.1 Å². The summed E-state index contributed by atoms with van der Waals surface area (Å²) in [5.74, 6) is 0.620. The van der Waals surface area contributed by atoms with Gasteiger partial charge in [0.15, 0.2) is 0 Å². The molecule has 21 heavy (non-hydrogen) atoms. The second-order valence-corrected chi connectivity index (χ2v) is 6.42. The zero-order chi connectivity index (χ0) is 15.9. The Morgan fingerprint density at radius 1 is 1.14 bits per heavy atom. The molecule has 1 aromatic carbocycles. The summed E-state index contributed by atoms with van der Waals surface area (Å²) in [7, 11) is -2.65. The van der Waals surface area contributed by atoms with Crippen molar-refractivity contribution in [2.45, 2.75) is 44.4 Å². The molecule has 120 valence electrons. The highest BCUT2D eigenvalue weighted by molar-refractivity contribution is 7.85. The van der Waals surface area contributed by atoms with Crippen LogP contribution in [0.1, 0.15) is 39.5 Å². The van der Waals surface area contributed by atoms with E-state index < -0.39 is 10.1 Å². The SMILES string of the molecule is CCCCN(CCCC)c1cc(S(=O)(=O)O)ccc1OC. The maximum Gasteiger partial charge on any atom is 0.294 e. The predicted octanol–water partition coefficient (Wildman–Crippen LogP) is 3.35. The van der Waals surface area contributed by atoms with E-state index in [2.05, 4.69) is 18.7 Å². The minimum absolute atomic E-state index is 0.101. The fourth-order valence-corrected chi connectivity index (χ4v) is 2.63. The first-order valence-corrected chi connectivity index (χ1v) is 8.78. The molecule has 5 nitrogen and oxygen atoms in total. The van der Waals surface area contributed by atoms with Gasteiger partial charge in [-0.15, -0.1) is 0 Å². The number of ether oxygens (including phenoxy) is 1. The Morgan fingerprint density at radius 2 is 1.71 bits per heavy atom. The molecule has 0 atom stereocenters. The minimum Gasteiger partial charge on any atom is -0.495 e. The van der Waals surface area contributed by atoms with Gasteiger partial charge in [-0.05, 0) is 31.0 Å². The third-order valence-corrected chi connectivity index (χ3v) is 4.20. The van der Waals surface area contributed by atoms with Crippen molar-refractivity contribution in [1.29, 1.82) is 0 Å². The van der Waals surface area contributed by atoms with Gasteiger partial charge in [-0.3, -0.25) is 4.55 Å². The Hall–Kier alpha value is -1.27. The van der Waals surface area contributed by atoms with Crippen LogP contribution in [0.2, 0.25) is 0 Å². The molecule has 6 heteroatoms. The maximum atomic E-state index is 11.3. The van der Waals surface area contributed by atoms with Crippen molar-refractivity contribution in [3.63, 3.8) is 0 Å². The standard InChI is InChI=1S/C15H25NO4S/c1-4-6-10-16(11-7-5-2)14-12-13(21(17,18)19)8-9-15(14)20-3/h8-9,12H,4-7,10-11H2,1-3H3,(H,17,18,19). The highest BCUT2D eigenvalue weighted by Crippen LogP contribution is 2.31. The summed E-state index contributed by atoms with van der Waals surface area (Å²) in [5, 5.41) is 0. The van der Waals surface area contributed by atoms with E-state index in [0.717, 1.165) is 44.5 Å². The first-order chi connectivity index (χ1) is 9.93. The Balaban J connectivity index is 3.18. The van der Waals surface area contributed by atoms with Gasteiger partial charge in [0.25, 0.3) is 10.1 Å². The van der Waals surface area contributed by atoms with E-state index in [9.17, 15) is 13.0 Å². The monoisotopic (exact) mass is 315 g/mol. The van der Waals surface area contributed by atoms with Gasteiger partial charge >= 0.3 is 0 Å². The van der Waals surface area contributed by atoms with Crippen LogP contribution in [0.15, 0.2) is 23.1 Å². The minimum atomic E-state index is -4.21. The van der Waals surface area contributed by atoms with Gasteiger partial charge in [-0.1, -0.05) is 26.7 Å². The lowest BCUT2D eigenvalue weighted by Crippen LogP contribution is -2.26. The summed E-state index contributed by atoms with van der Waals surface area (Å²) >= 11 is 0. The lowest BCUT2D eigenvalue weighted by Gasteiger charge is -2.26. The summed E-state index contributed by atoms with van der Waals surface area (Å²) in [4.78, 5) is 2.02. The molecule has 0 amide bonds. The van der Waals surface area contributed by atoms with E-state index in [1.165, 1.54) is 12.1 Å². The summed E-state index contributed by atoms with van der Waals surface area (Å²) < 4.78 is 37.2. The predicted molar refractivity (Wildman–Crippen MR) is 84.8 cm³/mol. The average Bonchev–Trinajstić information content (AvgIpc) is 2.46. The molecule has 0 heterocycles. The molecule has 1 N–H and O–H groups in total. The number of rotatable bonds is 9. The van der Waals surface area contributed by atoms with Crippen molar-refractivity contribution in [2.75, 3.05) is 25.1 Å². The van der Waals surface area contributed by atoms with Crippen molar-refractivity contribution in [1.82, 2.24) is 0 Å². The molecule has 0 unspecified atom stereocenters. The smallest absolute Gasteiger partial charge is 0.294 e. The fraction of sp³-hybridized carbons (Fsp3) is 0.600. The number of hydrogen-bond donors (Lipinski definition) is 1. The molecular formula is C15H25NO4S. The van der Waals surface area contributed by atoms with Crippen LogP contribution in [0.5, 0.6) is 5.75 Å². The molecule has 1 aromatic rings. The third kappa shape index (κ3) is 5.21. The van der Waals surface area contributed by atoms with E-state index in [1.54, 1.807) is 13.2 Å². The first-order valence-electron chi connectivity index (χ1n) is 7.34. The Kier molecular flexibility index (Phi) is 6.98.